The molecule has 0 saturated heterocycles. The van der Waals surface area contributed by atoms with Crippen LogP contribution in [0.3, 0.4) is 0 Å². The lowest BCUT2D eigenvalue weighted by Crippen LogP contribution is -1.91. The molecule has 0 bridgehead atoms. The van der Waals surface area contributed by atoms with Crippen molar-refractivity contribution in [2.75, 3.05) is 7.09 Å². The number of esters is 1. The molecule has 0 amide bonds. The number of methoxy groups -OCH3 is 1. The van der Waals surface area contributed by atoms with Crippen molar-refractivity contribution in [1.29, 1.82) is 0 Å². The summed E-state index contributed by atoms with van der Waals surface area (Å²) < 4.78 is 10.4. The van der Waals surface area contributed by atoms with Crippen LogP contribution in [0.25, 0.3) is 0 Å². The van der Waals surface area contributed by atoms with Gasteiger partial charge in [0.2, 0.25) is 0 Å². The Labute approximate surface area is 48.3 Å². The first-order valence-electron chi connectivity index (χ1n) is 2.30. The van der Waals surface area contributed by atoms with Crippen LogP contribution in [0.1, 0.15) is 1.37 Å². The zero-order chi connectivity index (χ0) is 7.70. The summed E-state index contributed by atoms with van der Waals surface area (Å²) in [6.45, 7) is 3.12. The lowest BCUT2D eigenvalue weighted by molar-refractivity contribution is -0.176. The molecule has 4 heteroatoms. The highest BCUT2D eigenvalue weighted by molar-refractivity contribution is 5.80. The van der Waals surface area contributed by atoms with Crippen LogP contribution in [0.15, 0.2) is 12.7 Å². The van der Waals surface area contributed by atoms with E-state index < -0.39 is 5.97 Å². The molecule has 0 saturated carbocycles. The van der Waals surface area contributed by atoms with Crippen LogP contribution < -0.4 is 0 Å². The fourth-order valence-electron chi connectivity index (χ4n) is 0.0589. The van der Waals surface area contributed by atoms with Gasteiger partial charge in [-0.15, -0.1) is 0 Å². The van der Waals surface area contributed by atoms with Crippen LogP contribution in [0.5, 0.6) is 0 Å². The molecule has 0 heterocycles. The van der Waals surface area contributed by atoms with E-state index in [1.807, 2.05) is 0 Å². The second-order valence-electron chi connectivity index (χ2n) is 0.667. The van der Waals surface area contributed by atoms with E-state index in [9.17, 15) is 4.79 Å². The SMILES string of the molecule is OO.[2H]COC(=O)C=C. The summed E-state index contributed by atoms with van der Waals surface area (Å²) in [6.07, 6.45) is 1.02. The molecule has 0 aliphatic carbocycles. The molecule has 4 nitrogen and oxygen atoms in total. The van der Waals surface area contributed by atoms with Gasteiger partial charge in [0.15, 0.2) is 0 Å². The molecule has 0 unspecified atom stereocenters. The Morgan fingerprint density at radius 3 is 2.62 bits per heavy atom. The van der Waals surface area contributed by atoms with Crippen LogP contribution in [0.2, 0.25) is 0 Å². The lowest BCUT2D eigenvalue weighted by Gasteiger charge is -1.83. The first-order valence-corrected chi connectivity index (χ1v) is 1.59. The van der Waals surface area contributed by atoms with Crippen molar-refractivity contribution in [3.63, 3.8) is 0 Å². The van der Waals surface area contributed by atoms with E-state index in [1.165, 1.54) is 0 Å². The predicted octanol–water partition coefficient (Wildman–Crippen LogP) is 0.363. The highest BCUT2D eigenvalue weighted by atomic mass is 17.0. The van der Waals surface area contributed by atoms with Gasteiger partial charge in [0.05, 0.1) is 8.46 Å². The van der Waals surface area contributed by atoms with Gasteiger partial charge in [-0.1, -0.05) is 6.58 Å². The predicted molar refractivity (Wildman–Crippen MR) is 27.5 cm³/mol. The van der Waals surface area contributed by atoms with Gasteiger partial charge < -0.3 is 4.74 Å². The Hall–Kier alpha value is -0.870. The van der Waals surface area contributed by atoms with Crippen LogP contribution in [0.4, 0.5) is 0 Å². The van der Waals surface area contributed by atoms with Gasteiger partial charge in [-0.25, -0.2) is 4.79 Å². The van der Waals surface area contributed by atoms with E-state index in [2.05, 4.69) is 11.3 Å². The second kappa shape index (κ2) is 9.46. The van der Waals surface area contributed by atoms with Crippen LogP contribution in [-0.2, 0) is 9.53 Å². The number of carbonyl (C=O) groups excluding carboxylic acids is 1. The van der Waals surface area contributed by atoms with Gasteiger partial charge in [0, 0.05) is 6.08 Å². The van der Waals surface area contributed by atoms with Gasteiger partial charge in [-0.3, -0.25) is 10.5 Å². The van der Waals surface area contributed by atoms with Crippen molar-refractivity contribution >= 4 is 5.97 Å². The van der Waals surface area contributed by atoms with E-state index in [0.717, 1.165) is 6.08 Å². The summed E-state index contributed by atoms with van der Waals surface area (Å²) in [5, 5.41) is 12.0. The Bertz CT molecular complexity index is 82.6. The van der Waals surface area contributed by atoms with E-state index >= 15 is 0 Å². The maximum absolute atomic E-state index is 9.95. The fraction of sp³-hybridized carbons (Fsp3) is 0.250. The summed E-state index contributed by atoms with van der Waals surface area (Å²) in [6, 6.07) is 0. The zero-order valence-electron chi connectivity index (χ0n) is 5.20. The van der Waals surface area contributed by atoms with Gasteiger partial charge in [0.1, 0.15) is 0 Å². The summed E-state index contributed by atoms with van der Waals surface area (Å²) >= 11 is 0. The molecule has 0 radical (unpaired) electrons. The summed E-state index contributed by atoms with van der Waals surface area (Å²) in [4.78, 5) is 9.95. The van der Waals surface area contributed by atoms with Crippen molar-refractivity contribution in [2.45, 2.75) is 0 Å². The molecule has 0 aromatic heterocycles. The fourth-order valence-corrected chi connectivity index (χ4v) is 0.0589. The van der Waals surface area contributed by atoms with Crippen LogP contribution in [0, 0.1) is 0 Å². The van der Waals surface area contributed by atoms with E-state index in [4.69, 9.17) is 11.9 Å². The summed E-state index contributed by atoms with van der Waals surface area (Å²) in [5.74, 6) is -0.546. The van der Waals surface area contributed by atoms with Crippen molar-refractivity contribution < 1.29 is 21.4 Å². The molecular formula is C4H8O4. The molecule has 0 rings (SSSR count). The van der Waals surface area contributed by atoms with E-state index in [1.54, 1.807) is 0 Å². The third kappa shape index (κ3) is 8.93. The quantitative estimate of drug-likeness (QED) is 0.227. The monoisotopic (exact) mass is 121 g/mol. The second-order valence-corrected chi connectivity index (χ2v) is 0.667. The van der Waals surface area contributed by atoms with Gasteiger partial charge >= 0.3 is 5.97 Å². The first-order chi connectivity index (χ1) is 4.31. The Balaban J connectivity index is 0. The minimum absolute atomic E-state index is 0.329. The summed E-state index contributed by atoms with van der Waals surface area (Å²) in [5.41, 5.74) is 0. The Morgan fingerprint density at radius 1 is 2.00 bits per heavy atom. The van der Waals surface area contributed by atoms with E-state index in [-0.39, 0.29) is 7.09 Å². The molecule has 0 spiro atoms. The number of ether oxygens (including phenoxy) is 1. The highest BCUT2D eigenvalue weighted by Gasteiger charge is 1.81. The third-order valence-corrected chi connectivity index (χ3v) is 0.309. The van der Waals surface area contributed by atoms with Crippen molar-refractivity contribution in [3.8, 4) is 0 Å². The number of carbonyl (C=O) groups is 1. The average molecular weight is 121 g/mol. The van der Waals surface area contributed by atoms with Gasteiger partial charge in [0.25, 0.3) is 0 Å². The Morgan fingerprint density at radius 2 is 2.50 bits per heavy atom. The van der Waals surface area contributed by atoms with Crippen molar-refractivity contribution in [2.24, 2.45) is 0 Å². The van der Waals surface area contributed by atoms with Gasteiger partial charge in [-0.05, 0) is 0 Å². The average Bonchev–Trinajstić information content (AvgIpc) is 1.93. The Kier molecular flexibility index (Phi) is 8.43. The third-order valence-electron chi connectivity index (χ3n) is 0.309. The summed E-state index contributed by atoms with van der Waals surface area (Å²) in [7, 11) is -0.329. The number of hydrogen-bond donors (Lipinski definition) is 2. The first kappa shape index (κ1) is 7.13. The molecule has 48 valence electrons. The molecule has 0 aliphatic rings. The molecule has 8 heavy (non-hydrogen) atoms. The largest absolute Gasteiger partial charge is 0.466 e. The smallest absolute Gasteiger partial charge is 0.329 e. The maximum atomic E-state index is 9.95. The van der Waals surface area contributed by atoms with Crippen LogP contribution in [-0.4, -0.2) is 23.6 Å². The van der Waals surface area contributed by atoms with Crippen molar-refractivity contribution in [3.05, 3.63) is 12.7 Å². The lowest BCUT2D eigenvalue weighted by atomic mass is 10.7. The molecule has 0 atom stereocenters. The normalized spacial score (nSPS) is 7.50. The topological polar surface area (TPSA) is 66.8 Å². The molecular weight excluding hydrogens is 112 g/mol. The maximum Gasteiger partial charge on any atom is 0.329 e. The van der Waals surface area contributed by atoms with E-state index in [0.29, 0.717) is 0 Å². The zero-order valence-corrected chi connectivity index (χ0v) is 4.20. The minimum atomic E-state index is -0.546. The highest BCUT2D eigenvalue weighted by Crippen LogP contribution is 1.67. The molecule has 0 aromatic rings. The molecule has 0 fully saturated rings. The standard InChI is InChI=1S/C4H6O2.H2O2/c1-3-4(5)6-2;1-2/h3H,1H2,2H3;1-2H/i2D;. The molecule has 0 aromatic carbocycles. The minimum Gasteiger partial charge on any atom is -0.466 e. The van der Waals surface area contributed by atoms with Gasteiger partial charge in [-0.2, -0.15) is 0 Å². The molecule has 2 N–H and O–H groups in total. The number of hydrogen-bond acceptors (Lipinski definition) is 4. The van der Waals surface area contributed by atoms with Crippen LogP contribution >= 0.6 is 0 Å². The number of rotatable bonds is 1. The van der Waals surface area contributed by atoms with Crippen molar-refractivity contribution in [1.82, 2.24) is 0 Å². The molecule has 0 aliphatic heterocycles.